The number of hydrogen-bond donors (Lipinski definition) is 2. The Kier molecular flexibility index (Phi) is 9.65. The number of halogens is 3. The molecule has 0 saturated carbocycles. The van der Waals surface area contributed by atoms with Crippen molar-refractivity contribution < 1.29 is 32.2 Å². The van der Waals surface area contributed by atoms with Crippen molar-refractivity contribution in [2.75, 3.05) is 45.5 Å². The van der Waals surface area contributed by atoms with E-state index in [0.29, 0.717) is 6.61 Å². The van der Waals surface area contributed by atoms with E-state index in [4.69, 9.17) is 19.9 Å². The summed E-state index contributed by atoms with van der Waals surface area (Å²) in [6, 6.07) is 3.30. The van der Waals surface area contributed by atoms with Gasteiger partial charge in [-0.15, -0.1) is 0 Å². The van der Waals surface area contributed by atoms with Crippen LogP contribution in [0.15, 0.2) is 35.6 Å². The summed E-state index contributed by atoms with van der Waals surface area (Å²) < 4.78 is 55.3. The van der Waals surface area contributed by atoms with E-state index in [-0.39, 0.29) is 42.9 Å². The Morgan fingerprint density at radius 3 is 2.74 bits per heavy atom. The van der Waals surface area contributed by atoms with Gasteiger partial charge in [0, 0.05) is 18.4 Å². The maximum Gasteiger partial charge on any atom is 0.275 e. The number of nitrogens with zero attached hydrogens (tertiary/aromatic N) is 3. The van der Waals surface area contributed by atoms with Crippen LogP contribution in [0.5, 0.6) is 5.88 Å². The number of nitrogens with two attached hydrogens (primary N) is 1. The molecule has 2 rings (SSSR count). The molecule has 0 radical (unpaired) electrons. The lowest BCUT2D eigenvalue weighted by Gasteiger charge is -2.11. The molecule has 0 fully saturated rings. The second kappa shape index (κ2) is 12.4. The largest absolute Gasteiger partial charge is 0.474 e. The van der Waals surface area contributed by atoms with E-state index < -0.39 is 30.3 Å². The second-order valence-electron chi connectivity index (χ2n) is 5.97. The molecule has 0 spiro atoms. The molecule has 2 aromatic rings. The minimum absolute atomic E-state index is 0.0333. The molecule has 31 heavy (non-hydrogen) atoms. The number of anilines is 1. The van der Waals surface area contributed by atoms with Crippen molar-refractivity contribution in [3.8, 4) is 5.88 Å². The van der Waals surface area contributed by atoms with Gasteiger partial charge in [-0.3, -0.25) is 4.79 Å². The number of benzene rings is 1. The average Bonchev–Trinajstić information content (AvgIpc) is 2.75. The monoisotopic (exact) mass is 441 g/mol. The number of amidine groups is 1. The molecule has 1 amide bonds. The Labute approximate surface area is 176 Å². The van der Waals surface area contributed by atoms with Gasteiger partial charge in [-0.05, 0) is 18.2 Å². The van der Waals surface area contributed by atoms with Gasteiger partial charge in [0.1, 0.15) is 37.2 Å². The fourth-order valence-electron chi connectivity index (χ4n) is 2.22. The Bertz CT molecular complexity index is 883. The van der Waals surface area contributed by atoms with Crippen LogP contribution in [0, 0.1) is 5.82 Å². The summed E-state index contributed by atoms with van der Waals surface area (Å²) in [4.78, 5) is 23.7. The number of aromatic nitrogens is 2. The molecule has 0 aliphatic heterocycles. The van der Waals surface area contributed by atoms with Gasteiger partial charge in [-0.1, -0.05) is 0 Å². The highest BCUT2D eigenvalue weighted by Gasteiger charge is 2.17. The Morgan fingerprint density at radius 2 is 2.06 bits per heavy atom. The SMILES string of the molecule is COCCOc1cnc(C(=O)Nc2ccc(F)c([C@@H](F)N=C(N)COCCF)c2)cn1. The van der Waals surface area contributed by atoms with Crippen molar-refractivity contribution in [1.82, 2.24) is 9.97 Å². The van der Waals surface area contributed by atoms with Crippen LogP contribution >= 0.6 is 0 Å². The van der Waals surface area contributed by atoms with Crippen LogP contribution in [0.25, 0.3) is 0 Å². The molecule has 0 aliphatic carbocycles. The first kappa shape index (κ1) is 24.0. The molecule has 0 bridgehead atoms. The van der Waals surface area contributed by atoms with Gasteiger partial charge in [0.05, 0.1) is 25.6 Å². The smallest absolute Gasteiger partial charge is 0.275 e. The fraction of sp³-hybridized carbons (Fsp3) is 0.368. The van der Waals surface area contributed by atoms with Crippen molar-refractivity contribution in [2.24, 2.45) is 10.7 Å². The van der Waals surface area contributed by atoms with Gasteiger partial charge >= 0.3 is 0 Å². The first-order chi connectivity index (χ1) is 14.9. The summed E-state index contributed by atoms with van der Waals surface area (Å²) in [7, 11) is 1.53. The van der Waals surface area contributed by atoms with Crippen LogP contribution in [0.3, 0.4) is 0 Å². The van der Waals surface area contributed by atoms with Crippen LogP contribution in [-0.2, 0) is 9.47 Å². The zero-order valence-corrected chi connectivity index (χ0v) is 16.7. The molecule has 3 N–H and O–H groups in total. The van der Waals surface area contributed by atoms with Crippen LogP contribution < -0.4 is 15.8 Å². The van der Waals surface area contributed by atoms with Gasteiger partial charge in [0.15, 0.2) is 0 Å². The van der Waals surface area contributed by atoms with Crippen LogP contribution in [0.2, 0.25) is 0 Å². The van der Waals surface area contributed by atoms with Crippen molar-refractivity contribution in [2.45, 2.75) is 6.30 Å². The number of rotatable bonds is 12. The van der Waals surface area contributed by atoms with E-state index in [1.165, 1.54) is 25.6 Å². The highest BCUT2D eigenvalue weighted by atomic mass is 19.1. The molecule has 1 atom stereocenters. The van der Waals surface area contributed by atoms with Gasteiger partial charge in [0.25, 0.3) is 5.91 Å². The zero-order valence-electron chi connectivity index (χ0n) is 16.7. The predicted octanol–water partition coefficient (Wildman–Crippen LogP) is 2.20. The molecule has 1 aromatic carbocycles. The highest BCUT2D eigenvalue weighted by molar-refractivity contribution is 6.02. The second-order valence-corrected chi connectivity index (χ2v) is 5.97. The molecular weight excluding hydrogens is 419 g/mol. The summed E-state index contributed by atoms with van der Waals surface area (Å²) >= 11 is 0. The number of methoxy groups -OCH3 is 1. The van der Waals surface area contributed by atoms with Gasteiger partial charge in [-0.2, -0.15) is 0 Å². The maximum atomic E-state index is 14.4. The number of ether oxygens (including phenoxy) is 3. The zero-order chi connectivity index (χ0) is 22.6. The van der Waals surface area contributed by atoms with E-state index in [0.717, 1.165) is 12.1 Å². The minimum atomic E-state index is -2.14. The van der Waals surface area contributed by atoms with Crippen molar-refractivity contribution in [3.63, 3.8) is 0 Å². The third kappa shape index (κ3) is 7.83. The first-order valence-corrected chi connectivity index (χ1v) is 9.09. The van der Waals surface area contributed by atoms with E-state index in [2.05, 4.69) is 20.3 Å². The quantitative estimate of drug-likeness (QED) is 0.224. The molecular formula is C19H22F3N5O4. The van der Waals surface area contributed by atoms with Crippen LogP contribution in [0.4, 0.5) is 18.9 Å². The summed E-state index contributed by atoms with van der Waals surface area (Å²) in [5.74, 6) is -1.59. The number of amides is 1. The van der Waals surface area contributed by atoms with Crippen molar-refractivity contribution in [3.05, 3.63) is 47.7 Å². The molecule has 9 nitrogen and oxygen atoms in total. The molecule has 0 saturated heterocycles. The standard InChI is InChI=1S/C19H22F3N5O4/c1-29-6-7-31-17-10-24-15(9-25-17)19(28)26-12-2-3-14(21)13(8-12)18(22)27-16(23)11-30-5-4-20/h2-3,8-10,18H,4-7,11H2,1H3,(H2,23,27)(H,26,28)/t18-/m0/s1. The molecule has 12 heteroatoms. The highest BCUT2D eigenvalue weighted by Crippen LogP contribution is 2.25. The maximum absolute atomic E-state index is 14.4. The summed E-state index contributed by atoms with van der Waals surface area (Å²) in [5.41, 5.74) is 5.11. The first-order valence-electron chi connectivity index (χ1n) is 9.09. The average molecular weight is 441 g/mol. The Balaban J connectivity index is 2.04. The lowest BCUT2D eigenvalue weighted by molar-refractivity contribution is 0.102. The molecule has 1 heterocycles. The third-order valence-corrected chi connectivity index (χ3v) is 3.66. The number of aliphatic imine (C=N–C) groups is 1. The Morgan fingerprint density at radius 1 is 1.26 bits per heavy atom. The van der Waals surface area contributed by atoms with Crippen molar-refractivity contribution in [1.29, 1.82) is 0 Å². The van der Waals surface area contributed by atoms with E-state index in [9.17, 15) is 18.0 Å². The van der Waals surface area contributed by atoms with E-state index >= 15 is 0 Å². The fourth-order valence-corrected chi connectivity index (χ4v) is 2.22. The summed E-state index contributed by atoms with van der Waals surface area (Å²) in [6.45, 7) is -0.601. The molecule has 168 valence electrons. The summed E-state index contributed by atoms with van der Waals surface area (Å²) in [6.07, 6.45) is 0.317. The van der Waals surface area contributed by atoms with Gasteiger partial charge in [-0.25, -0.2) is 28.1 Å². The van der Waals surface area contributed by atoms with Crippen molar-refractivity contribution >= 4 is 17.4 Å². The number of hydrogen-bond acceptors (Lipinski definition) is 7. The van der Waals surface area contributed by atoms with E-state index in [1.807, 2.05) is 0 Å². The lowest BCUT2D eigenvalue weighted by Crippen LogP contribution is -2.20. The molecule has 1 aromatic heterocycles. The minimum Gasteiger partial charge on any atom is -0.474 e. The van der Waals surface area contributed by atoms with E-state index in [1.54, 1.807) is 0 Å². The van der Waals surface area contributed by atoms with Crippen LogP contribution in [0.1, 0.15) is 22.3 Å². The number of nitrogens with one attached hydrogen (secondary N) is 1. The summed E-state index contributed by atoms with van der Waals surface area (Å²) in [5, 5.41) is 2.47. The topological polar surface area (TPSA) is 121 Å². The normalized spacial score (nSPS) is 12.5. The number of alkyl halides is 2. The molecule has 0 aliphatic rings. The number of carbonyl (C=O) groups excluding carboxylic acids is 1. The van der Waals surface area contributed by atoms with Crippen LogP contribution in [-0.4, -0.2) is 61.9 Å². The third-order valence-electron chi connectivity index (χ3n) is 3.66. The van der Waals surface area contributed by atoms with Gasteiger partial charge < -0.3 is 25.3 Å². The lowest BCUT2D eigenvalue weighted by atomic mass is 10.1. The number of carbonyl (C=O) groups is 1. The Hall–Kier alpha value is -3.25. The molecule has 0 unspecified atom stereocenters. The van der Waals surface area contributed by atoms with Gasteiger partial charge in [0.2, 0.25) is 12.2 Å². The predicted molar refractivity (Wildman–Crippen MR) is 106 cm³/mol.